The maximum Gasteiger partial charge on any atom is 0.236 e. The fourth-order valence-electron chi connectivity index (χ4n) is 2.76. The quantitative estimate of drug-likeness (QED) is 0.585. The first-order valence-corrected chi connectivity index (χ1v) is 9.74. The molecule has 0 spiro atoms. The summed E-state index contributed by atoms with van der Waals surface area (Å²) in [4.78, 5) is 21.6. The van der Waals surface area contributed by atoms with Gasteiger partial charge in [0.15, 0.2) is 0 Å². The van der Waals surface area contributed by atoms with Gasteiger partial charge >= 0.3 is 0 Å². The van der Waals surface area contributed by atoms with Crippen LogP contribution in [0.5, 0.6) is 0 Å². The van der Waals surface area contributed by atoms with E-state index < -0.39 is 19.5 Å². The van der Waals surface area contributed by atoms with Gasteiger partial charge in [0, 0.05) is 19.8 Å². The molecule has 0 aromatic heterocycles. The summed E-state index contributed by atoms with van der Waals surface area (Å²) in [6, 6.07) is -0.592. The molecule has 3 atom stereocenters. The first-order valence-electron chi connectivity index (χ1n) is 7.71. The molecular formula is C14H29N2O4P. The summed E-state index contributed by atoms with van der Waals surface area (Å²) in [7, 11) is -1.74. The molecule has 4 N–H and O–H groups in total. The lowest BCUT2D eigenvalue weighted by molar-refractivity contribution is -0.122. The Morgan fingerprint density at radius 3 is 2.57 bits per heavy atom. The molecule has 0 bridgehead atoms. The minimum Gasteiger partial charge on any atom is -0.379 e. The summed E-state index contributed by atoms with van der Waals surface area (Å²) in [6.45, 7) is 1.81. The highest BCUT2D eigenvalue weighted by Gasteiger charge is 2.29. The van der Waals surface area contributed by atoms with E-state index in [4.69, 9.17) is 10.5 Å². The zero-order valence-electron chi connectivity index (χ0n) is 13.1. The number of nitrogens with one attached hydrogen (secondary N) is 1. The number of hydrogen-bond acceptors (Lipinski definition) is 4. The van der Waals surface area contributed by atoms with Crippen LogP contribution in [0, 0.1) is 5.92 Å². The van der Waals surface area contributed by atoms with E-state index in [0.29, 0.717) is 12.1 Å². The molecule has 1 saturated carbocycles. The van der Waals surface area contributed by atoms with E-state index in [9.17, 15) is 14.3 Å². The lowest BCUT2D eigenvalue weighted by Crippen LogP contribution is -2.43. The van der Waals surface area contributed by atoms with Gasteiger partial charge in [-0.1, -0.05) is 19.3 Å². The van der Waals surface area contributed by atoms with Crippen molar-refractivity contribution in [1.82, 2.24) is 5.32 Å². The Hall–Kier alpha value is -0.420. The third kappa shape index (κ3) is 7.41. The molecule has 6 nitrogen and oxygen atoms in total. The molecule has 0 aliphatic heterocycles. The Kier molecular flexibility index (Phi) is 7.88. The van der Waals surface area contributed by atoms with Crippen LogP contribution in [0.25, 0.3) is 0 Å². The Labute approximate surface area is 127 Å². The smallest absolute Gasteiger partial charge is 0.236 e. The normalized spacial score (nSPS) is 22.3. The predicted molar refractivity (Wildman–Crippen MR) is 83.6 cm³/mol. The van der Waals surface area contributed by atoms with Gasteiger partial charge in [-0.25, -0.2) is 0 Å². The van der Waals surface area contributed by atoms with Crippen LogP contribution in [-0.4, -0.2) is 48.9 Å². The lowest BCUT2D eigenvalue weighted by Gasteiger charge is -2.26. The molecule has 0 saturated heterocycles. The SMILES string of the molecule is CO[C@H](CNC(=O)[C@H](C)N)CP(=O)(O)CC1CCCCC1. The maximum absolute atomic E-state index is 12.4. The van der Waals surface area contributed by atoms with Crippen molar-refractivity contribution in [3.8, 4) is 0 Å². The summed E-state index contributed by atoms with van der Waals surface area (Å²) in [6.07, 6.45) is 5.63. The number of rotatable bonds is 8. The van der Waals surface area contributed by atoms with Crippen LogP contribution in [0.2, 0.25) is 0 Å². The van der Waals surface area contributed by atoms with Gasteiger partial charge in [0.1, 0.15) is 0 Å². The van der Waals surface area contributed by atoms with Gasteiger partial charge in [0.2, 0.25) is 13.3 Å². The molecule has 7 heteroatoms. The number of hydrogen-bond donors (Lipinski definition) is 3. The van der Waals surface area contributed by atoms with Gasteiger partial charge in [-0.05, 0) is 25.7 Å². The largest absolute Gasteiger partial charge is 0.379 e. The van der Waals surface area contributed by atoms with E-state index in [1.165, 1.54) is 13.5 Å². The Morgan fingerprint density at radius 2 is 2.05 bits per heavy atom. The minimum absolute atomic E-state index is 0.0826. The number of amides is 1. The highest BCUT2D eigenvalue weighted by Crippen LogP contribution is 2.46. The number of ether oxygens (including phenoxy) is 1. The van der Waals surface area contributed by atoms with Crippen molar-refractivity contribution in [2.45, 2.75) is 51.2 Å². The van der Waals surface area contributed by atoms with Crippen molar-refractivity contribution >= 4 is 13.3 Å². The van der Waals surface area contributed by atoms with E-state index in [2.05, 4.69) is 5.32 Å². The molecule has 21 heavy (non-hydrogen) atoms. The predicted octanol–water partition coefficient (Wildman–Crippen LogP) is 1.32. The monoisotopic (exact) mass is 320 g/mol. The minimum atomic E-state index is -3.22. The van der Waals surface area contributed by atoms with E-state index in [1.54, 1.807) is 6.92 Å². The lowest BCUT2D eigenvalue weighted by atomic mass is 9.91. The van der Waals surface area contributed by atoms with Crippen LogP contribution in [0.1, 0.15) is 39.0 Å². The Bertz CT molecular complexity index is 370. The van der Waals surface area contributed by atoms with E-state index in [-0.39, 0.29) is 18.6 Å². The van der Waals surface area contributed by atoms with Gasteiger partial charge in [0.05, 0.1) is 18.3 Å². The van der Waals surface area contributed by atoms with Crippen molar-refractivity contribution in [1.29, 1.82) is 0 Å². The average molecular weight is 320 g/mol. The van der Waals surface area contributed by atoms with Gasteiger partial charge in [-0.3, -0.25) is 9.36 Å². The van der Waals surface area contributed by atoms with Crippen LogP contribution in [0.15, 0.2) is 0 Å². The Balaban J connectivity index is 2.42. The molecule has 1 rings (SSSR count). The van der Waals surface area contributed by atoms with Crippen LogP contribution in [-0.2, 0) is 14.1 Å². The number of carbonyl (C=O) groups is 1. The van der Waals surface area contributed by atoms with Crippen LogP contribution >= 0.6 is 7.37 Å². The third-order valence-corrected chi connectivity index (χ3v) is 6.07. The zero-order chi connectivity index (χ0) is 15.9. The van der Waals surface area contributed by atoms with Crippen molar-refractivity contribution in [3.05, 3.63) is 0 Å². The number of nitrogens with two attached hydrogens (primary N) is 1. The van der Waals surface area contributed by atoms with Crippen molar-refractivity contribution in [3.63, 3.8) is 0 Å². The summed E-state index contributed by atoms with van der Waals surface area (Å²) in [5.41, 5.74) is 5.46. The molecule has 1 amide bonds. The second-order valence-corrected chi connectivity index (χ2v) is 8.53. The van der Waals surface area contributed by atoms with Crippen molar-refractivity contribution in [2.75, 3.05) is 26.0 Å². The Morgan fingerprint density at radius 1 is 1.43 bits per heavy atom. The van der Waals surface area contributed by atoms with Gasteiger partial charge < -0.3 is 20.7 Å². The standard InChI is InChI=1S/C14H29N2O4P/c1-11(15)14(17)16-8-13(20-2)10-21(18,19)9-12-6-4-3-5-7-12/h11-13H,3-10,15H2,1-2H3,(H,16,17)(H,18,19)/t11-,13+/m0/s1. The summed E-state index contributed by atoms with van der Waals surface area (Å²) in [5.74, 6) is 0.0721. The van der Waals surface area contributed by atoms with Gasteiger partial charge in [-0.15, -0.1) is 0 Å². The second-order valence-electron chi connectivity index (χ2n) is 6.11. The summed E-state index contributed by atoms with van der Waals surface area (Å²) in [5, 5.41) is 2.64. The third-order valence-electron chi connectivity index (χ3n) is 4.01. The highest BCUT2D eigenvalue weighted by atomic mass is 31.2. The molecule has 1 fully saturated rings. The van der Waals surface area contributed by atoms with Crippen molar-refractivity contribution < 1.29 is 19.0 Å². The van der Waals surface area contributed by atoms with Crippen LogP contribution < -0.4 is 11.1 Å². The second kappa shape index (κ2) is 8.89. The number of carbonyl (C=O) groups excluding carboxylic acids is 1. The summed E-state index contributed by atoms with van der Waals surface area (Å²) >= 11 is 0. The summed E-state index contributed by atoms with van der Waals surface area (Å²) < 4.78 is 17.6. The molecule has 124 valence electrons. The molecule has 0 heterocycles. The molecule has 1 unspecified atom stereocenters. The molecule has 0 aromatic carbocycles. The highest BCUT2D eigenvalue weighted by molar-refractivity contribution is 7.58. The molecule has 1 aliphatic carbocycles. The first-order chi connectivity index (χ1) is 9.84. The van der Waals surface area contributed by atoms with Gasteiger partial charge in [0.25, 0.3) is 0 Å². The van der Waals surface area contributed by atoms with E-state index >= 15 is 0 Å². The average Bonchev–Trinajstić information content (AvgIpc) is 2.43. The molecular weight excluding hydrogens is 291 g/mol. The van der Waals surface area contributed by atoms with Gasteiger partial charge in [-0.2, -0.15) is 0 Å². The topological polar surface area (TPSA) is 102 Å². The number of methoxy groups -OCH3 is 1. The zero-order valence-corrected chi connectivity index (χ0v) is 14.0. The maximum atomic E-state index is 12.4. The molecule has 1 aliphatic rings. The first kappa shape index (κ1) is 18.6. The van der Waals surface area contributed by atoms with E-state index in [0.717, 1.165) is 25.7 Å². The van der Waals surface area contributed by atoms with E-state index in [1.807, 2.05) is 0 Å². The molecule has 0 radical (unpaired) electrons. The fraction of sp³-hybridized carbons (Fsp3) is 0.929. The fourth-order valence-corrected chi connectivity index (χ4v) is 5.00. The van der Waals surface area contributed by atoms with Crippen LogP contribution in [0.4, 0.5) is 0 Å². The molecule has 0 aromatic rings. The van der Waals surface area contributed by atoms with Crippen molar-refractivity contribution in [2.24, 2.45) is 11.7 Å². The van der Waals surface area contributed by atoms with Crippen LogP contribution in [0.3, 0.4) is 0 Å².